The molecular weight excluding hydrogens is 428 g/mol. The van der Waals surface area contributed by atoms with Crippen LogP contribution in [-0.4, -0.2) is 50.1 Å². The van der Waals surface area contributed by atoms with Crippen molar-refractivity contribution in [2.45, 2.75) is 19.1 Å². The molecule has 4 amide bonds. The third-order valence-electron chi connectivity index (χ3n) is 4.91. The lowest BCUT2D eigenvalue weighted by atomic mass is 9.92. The highest BCUT2D eigenvalue weighted by Crippen LogP contribution is 2.32. The quantitative estimate of drug-likeness (QED) is 0.601. The normalized spacial score (nSPS) is 17.9. The predicted octanol–water partition coefficient (Wildman–Crippen LogP) is 2.71. The van der Waals surface area contributed by atoms with Crippen molar-refractivity contribution in [1.29, 1.82) is 0 Å². The Labute approximate surface area is 182 Å². The second kappa shape index (κ2) is 9.08. The van der Waals surface area contributed by atoms with Gasteiger partial charge in [-0.3, -0.25) is 14.5 Å². The third kappa shape index (κ3) is 4.56. The fourth-order valence-corrected chi connectivity index (χ4v) is 3.25. The number of anilines is 1. The Morgan fingerprint density at radius 1 is 1.09 bits per heavy atom. The molecular formula is C21H21F2N3O6. The molecule has 170 valence electrons. The van der Waals surface area contributed by atoms with Crippen molar-refractivity contribution in [1.82, 2.24) is 10.2 Å². The van der Waals surface area contributed by atoms with Crippen molar-refractivity contribution in [3.05, 3.63) is 48.0 Å². The fraction of sp³-hybridized carbons (Fsp3) is 0.286. The molecule has 1 fully saturated rings. The van der Waals surface area contributed by atoms with Crippen LogP contribution in [0.15, 0.2) is 42.5 Å². The molecule has 9 nitrogen and oxygen atoms in total. The number of urea groups is 1. The summed E-state index contributed by atoms with van der Waals surface area (Å²) in [6.45, 7) is -2.13. The van der Waals surface area contributed by atoms with E-state index in [9.17, 15) is 23.2 Å². The van der Waals surface area contributed by atoms with Gasteiger partial charge in [-0.15, -0.1) is 0 Å². The number of alkyl halides is 2. The number of carbonyl (C=O) groups excluding carboxylic acids is 3. The van der Waals surface area contributed by atoms with Gasteiger partial charge in [0.05, 0.1) is 14.2 Å². The van der Waals surface area contributed by atoms with E-state index in [-0.39, 0.29) is 17.2 Å². The van der Waals surface area contributed by atoms with E-state index in [4.69, 9.17) is 9.47 Å². The number of rotatable bonds is 8. The van der Waals surface area contributed by atoms with Crippen LogP contribution < -0.4 is 24.8 Å². The van der Waals surface area contributed by atoms with Crippen LogP contribution in [0, 0.1) is 0 Å². The number of methoxy groups -OCH3 is 2. The van der Waals surface area contributed by atoms with E-state index in [1.165, 1.54) is 33.3 Å². The average molecular weight is 449 g/mol. The minimum Gasteiger partial charge on any atom is -0.497 e. The molecule has 1 saturated heterocycles. The topological polar surface area (TPSA) is 106 Å². The van der Waals surface area contributed by atoms with Gasteiger partial charge in [-0.1, -0.05) is 12.1 Å². The lowest BCUT2D eigenvalue weighted by Gasteiger charge is -2.22. The molecule has 32 heavy (non-hydrogen) atoms. The standard InChI is InChI=1S/C21H21F2N3O6/c1-21(12-4-7-14(30-2)8-5-12)18(28)26(20(29)25-21)11-17(27)24-13-6-9-15(31-3)16(10-13)32-19(22)23/h4-10,19H,11H2,1-3H3,(H,24,27)(H,25,29)/t21-/m0/s1. The monoisotopic (exact) mass is 449 g/mol. The average Bonchev–Trinajstić information content (AvgIpc) is 2.97. The number of imide groups is 1. The minimum atomic E-state index is -3.09. The van der Waals surface area contributed by atoms with Crippen molar-refractivity contribution < 1.29 is 37.4 Å². The van der Waals surface area contributed by atoms with Gasteiger partial charge >= 0.3 is 12.6 Å². The fourth-order valence-electron chi connectivity index (χ4n) is 3.25. The van der Waals surface area contributed by atoms with Crippen LogP contribution in [0.5, 0.6) is 17.2 Å². The molecule has 0 bridgehead atoms. The van der Waals surface area contributed by atoms with Crippen molar-refractivity contribution in [3.8, 4) is 17.2 Å². The molecule has 1 atom stereocenters. The Morgan fingerprint density at radius 3 is 2.38 bits per heavy atom. The van der Waals surface area contributed by atoms with Crippen LogP contribution in [0.2, 0.25) is 0 Å². The number of nitrogens with zero attached hydrogens (tertiary/aromatic N) is 1. The second-order valence-corrected chi connectivity index (χ2v) is 6.97. The van der Waals surface area contributed by atoms with E-state index in [2.05, 4.69) is 15.4 Å². The highest BCUT2D eigenvalue weighted by atomic mass is 19.3. The van der Waals surface area contributed by atoms with Gasteiger partial charge in [-0.25, -0.2) is 4.79 Å². The number of nitrogens with one attached hydrogen (secondary N) is 2. The smallest absolute Gasteiger partial charge is 0.387 e. The molecule has 0 spiro atoms. The van der Waals surface area contributed by atoms with E-state index in [0.717, 1.165) is 11.0 Å². The Kier molecular flexibility index (Phi) is 6.47. The summed E-state index contributed by atoms with van der Waals surface area (Å²) in [6.07, 6.45) is 0. The first-order chi connectivity index (χ1) is 15.2. The van der Waals surface area contributed by atoms with Gasteiger partial charge in [-0.2, -0.15) is 8.78 Å². The molecule has 1 heterocycles. The maximum atomic E-state index is 13.0. The highest BCUT2D eigenvalue weighted by Gasteiger charge is 2.49. The summed E-state index contributed by atoms with van der Waals surface area (Å²) in [5.41, 5.74) is -0.720. The molecule has 0 unspecified atom stereocenters. The molecule has 3 rings (SSSR count). The summed E-state index contributed by atoms with van der Waals surface area (Å²) in [5, 5.41) is 5.04. The Balaban J connectivity index is 1.72. The molecule has 0 saturated carbocycles. The Bertz CT molecular complexity index is 1030. The lowest BCUT2D eigenvalue weighted by molar-refractivity contribution is -0.133. The molecule has 1 aliphatic rings. The first kappa shape index (κ1) is 22.8. The zero-order valence-electron chi connectivity index (χ0n) is 17.5. The highest BCUT2D eigenvalue weighted by molar-refractivity contribution is 6.10. The molecule has 0 aromatic heterocycles. The Hall–Kier alpha value is -3.89. The summed E-state index contributed by atoms with van der Waals surface area (Å²) >= 11 is 0. The number of amides is 4. The van der Waals surface area contributed by atoms with Gasteiger partial charge in [0.1, 0.15) is 17.8 Å². The summed E-state index contributed by atoms with van der Waals surface area (Å²) in [5.74, 6) is -0.963. The van der Waals surface area contributed by atoms with E-state index in [1.54, 1.807) is 24.3 Å². The third-order valence-corrected chi connectivity index (χ3v) is 4.91. The number of benzene rings is 2. The number of ether oxygens (including phenoxy) is 3. The molecule has 0 radical (unpaired) electrons. The van der Waals surface area contributed by atoms with E-state index >= 15 is 0 Å². The molecule has 2 N–H and O–H groups in total. The number of hydrogen-bond donors (Lipinski definition) is 2. The molecule has 1 aliphatic heterocycles. The zero-order chi connectivity index (χ0) is 23.5. The summed E-state index contributed by atoms with van der Waals surface area (Å²) < 4.78 is 39.6. The van der Waals surface area contributed by atoms with Crippen LogP contribution in [0.1, 0.15) is 12.5 Å². The lowest BCUT2D eigenvalue weighted by Crippen LogP contribution is -2.42. The Morgan fingerprint density at radius 2 is 1.78 bits per heavy atom. The largest absolute Gasteiger partial charge is 0.497 e. The van der Waals surface area contributed by atoms with Gasteiger partial charge in [-0.05, 0) is 36.8 Å². The maximum Gasteiger partial charge on any atom is 0.387 e. The maximum absolute atomic E-state index is 13.0. The van der Waals surface area contributed by atoms with Crippen LogP contribution in [-0.2, 0) is 15.1 Å². The predicted molar refractivity (Wildman–Crippen MR) is 109 cm³/mol. The van der Waals surface area contributed by atoms with E-state index in [0.29, 0.717) is 11.3 Å². The van der Waals surface area contributed by atoms with Crippen molar-refractivity contribution in [2.24, 2.45) is 0 Å². The van der Waals surface area contributed by atoms with Crippen LogP contribution in [0.3, 0.4) is 0 Å². The van der Waals surface area contributed by atoms with Gasteiger partial charge in [0.25, 0.3) is 5.91 Å². The van der Waals surface area contributed by atoms with E-state index < -0.39 is 36.5 Å². The van der Waals surface area contributed by atoms with Crippen molar-refractivity contribution in [2.75, 3.05) is 26.1 Å². The van der Waals surface area contributed by atoms with Crippen LogP contribution in [0.4, 0.5) is 19.3 Å². The first-order valence-electron chi connectivity index (χ1n) is 9.39. The van der Waals surface area contributed by atoms with Crippen molar-refractivity contribution in [3.63, 3.8) is 0 Å². The SMILES string of the molecule is COc1ccc([C@]2(C)NC(=O)N(CC(=O)Nc3ccc(OC)c(OC(F)F)c3)C2=O)cc1. The number of hydrogen-bond acceptors (Lipinski definition) is 6. The van der Waals surface area contributed by atoms with Gasteiger partial charge in [0.2, 0.25) is 5.91 Å². The number of carbonyl (C=O) groups is 3. The summed E-state index contributed by atoms with van der Waals surface area (Å²) in [7, 11) is 2.79. The van der Waals surface area contributed by atoms with E-state index in [1.807, 2.05) is 0 Å². The van der Waals surface area contributed by atoms with Gasteiger partial charge < -0.3 is 24.8 Å². The zero-order valence-corrected chi connectivity index (χ0v) is 17.5. The number of halogens is 2. The minimum absolute atomic E-state index is 0.0488. The van der Waals surface area contributed by atoms with Crippen molar-refractivity contribution >= 4 is 23.5 Å². The first-order valence-corrected chi connectivity index (χ1v) is 9.39. The summed E-state index contributed by atoms with van der Waals surface area (Å²) in [4.78, 5) is 38.6. The van der Waals surface area contributed by atoms with Gasteiger partial charge in [0.15, 0.2) is 11.5 Å². The molecule has 11 heteroatoms. The molecule has 2 aromatic rings. The second-order valence-electron chi connectivity index (χ2n) is 6.97. The van der Waals surface area contributed by atoms with Crippen LogP contribution >= 0.6 is 0 Å². The van der Waals surface area contributed by atoms with Crippen LogP contribution in [0.25, 0.3) is 0 Å². The van der Waals surface area contributed by atoms with Gasteiger partial charge in [0, 0.05) is 11.8 Å². The molecule has 0 aliphatic carbocycles. The summed E-state index contributed by atoms with van der Waals surface area (Å²) in [6, 6.07) is 9.74. The molecule has 2 aromatic carbocycles.